The first-order valence-corrected chi connectivity index (χ1v) is 8.32. The lowest BCUT2D eigenvalue weighted by molar-refractivity contribution is -0.900. The smallest absolute Gasteiger partial charge is 0.153 e. The molecular formula is C18H30NO2+. The number of aryl methyl sites for hydroxylation is 1. The number of para-hydroxylation sites is 1. The van der Waals surface area contributed by atoms with Crippen LogP contribution in [0.25, 0.3) is 0 Å². The van der Waals surface area contributed by atoms with E-state index in [2.05, 4.69) is 13.8 Å². The second-order valence-corrected chi connectivity index (χ2v) is 5.78. The van der Waals surface area contributed by atoms with E-state index in [1.165, 1.54) is 38.8 Å². The van der Waals surface area contributed by atoms with Crippen molar-refractivity contribution < 1.29 is 14.8 Å². The van der Waals surface area contributed by atoms with E-state index in [4.69, 9.17) is 0 Å². The fourth-order valence-electron chi connectivity index (χ4n) is 2.67. The molecule has 0 aliphatic carbocycles. The Bertz CT molecular complexity index is 410. The number of carbonyl (C=O) groups is 1. The molecule has 21 heavy (non-hydrogen) atoms. The summed E-state index contributed by atoms with van der Waals surface area (Å²) in [5.74, 6) is 0.163. The van der Waals surface area contributed by atoms with Crippen LogP contribution in [-0.4, -0.2) is 31.0 Å². The van der Waals surface area contributed by atoms with Gasteiger partial charge < -0.3 is 10.0 Å². The molecule has 0 radical (unpaired) electrons. The summed E-state index contributed by atoms with van der Waals surface area (Å²) in [6, 6.07) is 5.42. The summed E-state index contributed by atoms with van der Waals surface area (Å²) in [6.07, 6.45) is 7.68. The molecule has 0 aliphatic heterocycles. The minimum Gasteiger partial charge on any atom is -0.507 e. The van der Waals surface area contributed by atoms with Gasteiger partial charge in [0.05, 0.1) is 25.2 Å². The zero-order valence-corrected chi connectivity index (χ0v) is 13.5. The number of benzene rings is 1. The average Bonchev–Trinajstić information content (AvgIpc) is 2.51. The maximum absolute atomic E-state index is 10.8. The van der Waals surface area contributed by atoms with Gasteiger partial charge in [0.25, 0.3) is 0 Å². The summed E-state index contributed by atoms with van der Waals surface area (Å²) < 4.78 is 0. The van der Waals surface area contributed by atoms with E-state index < -0.39 is 0 Å². The molecule has 0 amide bonds. The Morgan fingerprint density at radius 1 is 1.05 bits per heavy atom. The summed E-state index contributed by atoms with van der Waals surface area (Å²) in [5.41, 5.74) is 1.29. The third-order valence-electron chi connectivity index (χ3n) is 4.02. The van der Waals surface area contributed by atoms with Crippen LogP contribution in [0.5, 0.6) is 5.75 Å². The highest BCUT2D eigenvalue weighted by Gasteiger charge is 2.10. The molecule has 118 valence electrons. The van der Waals surface area contributed by atoms with E-state index in [1.54, 1.807) is 11.0 Å². The molecule has 0 fully saturated rings. The number of phenolic OH excluding ortho intramolecular Hbond substituents is 1. The molecule has 0 bridgehead atoms. The lowest BCUT2D eigenvalue weighted by atomic mass is 10.0. The van der Waals surface area contributed by atoms with Gasteiger partial charge in [-0.15, -0.1) is 0 Å². The van der Waals surface area contributed by atoms with Crippen LogP contribution in [0.15, 0.2) is 18.2 Å². The van der Waals surface area contributed by atoms with Gasteiger partial charge in [-0.2, -0.15) is 0 Å². The summed E-state index contributed by atoms with van der Waals surface area (Å²) in [4.78, 5) is 12.5. The van der Waals surface area contributed by atoms with Crippen molar-refractivity contribution in [3.8, 4) is 5.75 Å². The first kappa shape index (κ1) is 17.7. The van der Waals surface area contributed by atoms with Crippen molar-refractivity contribution in [3.05, 3.63) is 29.3 Å². The number of carbonyl (C=O) groups excluding carboxylic acids is 1. The Kier molecular flexibility index (Phi) is 8.76. The number of aldehydes is 1. The van der Waals surface area contributed by atoms with E-state index in [0.29, 0.717) is 5.56 Å². The molecule has 0 aliphatic rings. The van der Waals surface area contributed by atoms with Gasteiger partial charge in [0.1, 0.15) is 5.75 Å². The van der Waals surface area contributed by atoms with Crippen LogP contribution in [0.3, 0.4) is 0 Å². The van der Waals surface area contributed by atoms with Gasteiger partial charge >= 0.3 is 0 Å². The molecule has 0 spiro atoms. The Morgan fingerprint density at radius 2 is 1.67 bits per heavy atom. The highest BCUT2D eigenvalue weighted by molar-refractivity contribution is 5.79. The number of phenols is 1. The molecule has 1 aromatic rings. The van der Waals surface area contributed by atoms with Crippen molar-refractivity contribution in [2.75, 3.05) is 19.6 Å². The third-order valence-corrected chi connectivity index (χ3v) is 4.02. The monoisotopic (exact) mass is 292 g/mol. The van der Waals surface area contributed by atoms with Gasteiger partial charge in [0.15, 0.2) is 6.29 Å². The van der Waals surface area contributed by atoms with Crippen molar-refractivity contribution in [1.29, 1.82) is 0 Å². The number of nitrogens with one attached hydrogen (secondary N) is 1. The second kappa shape index (κ2) is 10.4. The summed E-state index contributed by atoms with van der Waals surface area (Å²) in [7, 11) is 0. The topological polar surface area (TPSA) is 41.7 Å². The molecule has 1 aromatic carbocycles. The molecule has 0 atom stereocenters. The van der Waals surface area contributed by atoms with Crippen LogP contribution >= 0.6 is 0 Å². The van der Waals surface area contributed by atoms with Crippen LogP contribution in [0.4, 0.5) is 0 Å². The van der Waals surface area contributed by atoms with E-state index >= 15 is 0 Å². The van der Waals surface area contributed by atoms with Gasteiger partial charge in [-0.05, 0) is 30.9 Å². The zero-order chi connectivity index (χ0) is 15.5. The van der Waals surface area contributed by atoms with Crippen LogP contribution in [0, 0.1) is 0 Å². The second-order valence-electron chi connectivity index (χ2n) is 5.78. The maximum atomic E-state index is 10.8. The van der Waals surface area contributed by atoms with E-state index in [1.807, 2.05) is 12.1 Å². The van der Waals surface area contributed by atoms with Gasteiger partial charge in [-0.3, -0.25) is 4.79 Å². The summed E-state index contributed by atoms with van der Waals surface area (Å²) in [6.45, 7) is 8.11. The first-order valence-electron chi connectivity index (χ1n) is 8.32. The number of hydrogen-bond donors (Lipinski definition) is 2. The SMILES string of the molecule is CCCC[NH+](CCCC)CCCc1cccc(C=O)c1O. The number of rotatable bonds is 11. The Balaban J connectivity index is 2.47. The van der Waals surface area contributed by atoms with Crippen LogP contribution < -0.4 is 4.90 Å². The van der Waals surface area contributed by atoms with Crippen molar-refractivity contribution in [2.24, 2.45) is 0 Å². The molecular weight excluding hydrogens is 262 g/mol. The minimum absolute atomic E-state index is 0.163. The molecule has 2 N–H and O–H groups in total. The lowest BCUT2D eigenvalue weighted by Gasteiger charge is -2.19. The highest BCUT2D eigenvalue weighted by atomic mass is 16.3. The van der Waals surface area contributed by atoms with Crippen LogP contribution in [0.1, 0.15) is 61.9 Å². The van der Waals surface area contributed by atoms with Crippen molar-refractivity contribution in [3.63, 3.8) is 0 Å². The molecule has 1 rings (SSSR count). The predicted octanol–water partition coefficient (Wildman–Crippen LogP) is 2.62. The van der Waals surface area contributed by atoms with E-state index in [9.17, 15) is 9.90 Å². The van der Waals surface area contributed by atoms with Crippen molar-refractivity contribution in [2.45, 2.75) is 52.4 Å². The third kappa shape index (κ3) is 6.30. The van der Waals surface area contributed by atoms with Gasteiger partial charge in [0.2, 0.25) is 0 Å². The first-order chi connectivity index (χ1) is 10.2. The molecule has 0 saturated heterocycles. The Labute approximate surface area is 129 Å². The summed E-state index contributed by atoms with van der Waals surface area (Å²) >= 11 is 0. The van der Waals surface area contributed by atoms with Crippen molar-refractivity contribution >= 4 is 6.29 Å². The van der Waals surface area contributed by atoms with Gasteiger partial charge in [-0.25, -0.2) is 0 Å². The molecule has 3 nitrogen and oxygen atoms in total. The lowest BCUT2D eigenvalue weighted by Crippen LogP contribution is -3.12. The number of unbranched alkanes of at least 4 members (excludes halogenated alkanes) is 2. The van der Waals surface area contributed by atoms with E-state index in [0.717, 1.165) is 31.2 Å². The molecule has 3 heteroatoms. The van der Waals surface area contributed by atoms with E-state index in [-0.39, 0.29) is 5.75 Å². The van der Waals surface area contributed by atoms with Crippen LogP contribution in [0.2, 0.25) is 0 Å². The fourth-order valence-corrected chi connectivity index (χ4v) is 2.67. The Morgan fingerprint density at radius 3 is 2.24 bits per heavy atom. The summed E-state index contributed by atoms with van der Waals surface area (Å²) in [5, 5.41) is 10.00. The van der Waals surface area contributed by atoms with Crippen molar-refractivity contribution in [1.82, 2.24) is 0 Å². The minimum atomic E-state index is 0.163. The fraction of sp³-hybridized carbons (Fsp3) is 0.611. The van der Waals surface area contributed by atoms with Gasteiger partial charge in [0, 0.05) is 6.42 Å². The maximum Gasteiger partial charge on any atom is 0.153 e. The standard InChI is InChI=1S/C18H29NO2/c1-3-5-12-19(13-6-4-2)14-8-11-16-9-7-10-17(15-20)18(16)21/h7,9-10,15,21H,3-6,8,11-14H2,1-2H3/p+1. The zero-order valence-electron chi connectivity index (χ0n) is 13.5. The van der Waals surface area contributed by atoms with Crippen LogP contribution in [-0.2, 0) is 6.42 Å². The molecule has 0 unspecified atom stereocenters. The molecule has 0 aromatic heterocycles. The number of aromatic hydroxyl groups is 1. The number of hydrogen-bond acceptors (Lipinski definition) is 2. The highest BCUT2D eigenvalue weighted by Crippen LogP contribution is 2.21. The quantitative estimate of drug-likeness (QED) is 0.616. The largest absolute Gasteiger partial charge is 0.507 e. The molecule has 0 heterocycles. The van der Waals surface area contributed by atoms with Gasteiger partial charge in [-0.1, -0.05) is 38.8 Å². The Hall–Kier alpha value is -1.35. The number of quaternary nitrogens is 1. The predicted molar refractivity (Wildman–Crippen MR) is 87.2 cm³/mol. The normalized spacial score (nSPS) is 11.0. The average molecular weight is 292 g/mol. The molecule has 0 saturated carbocycles.